The van der Waals surface area contributed by atoms with Gasteiger partial charge in [0.15, 0.2) is 23.6 Å². The average Bonchev–Trinajstić information content (AvgIpc) is 2.73. The summed E-state index contributed by atoms with van der Waals surface area (Å²) >= 11 is 5.81. The molecule has 0 N–H and O–H groups in total. The first kappa shape index (κ1) is 22.4. The Labute approximate surface area is 176 Å². The highest BCUT2D eigenvalue weighted by Crippen LogP contribution is 2.24. The Hall–Kier alpha value is -2.30. The first-order valence-electron chi connectivity index (χ1n) is 8.96. The lowest BCUT2D eigenvalue weighted by molar-refractivity contribution is -0.139. The number of carbonyl (C=O) groups is 1. The zero-order valence-electron chi connectivity index (χ0n) is 15.8. The Morgan fingerprint density at radius 2 is 1.60 bits per heavy atom. The molecule has 6 nitrogen and oxygen atoms in total. The number of amides is 1. The van der Waals surface area contributed by atoms with E-state index in [4.69, 9.17) is 16.3 Å². The Kier molecular flexibility index (Phi) is 6.59. The molecule has 3 rings (SSSR count). The van der Waals surface area contributed by atoms with Crippen LogP contribution in [0, 0.1) is 17.5 Å². The van der Waals surface area contributed by atoms with Crippen molar-refractivity contribution in [2.24, 2.45) is 0 Å². The molecule has 1 atom stereocenters. The maximum Gasteiger partial charge on any atom is 0.263 e. The summed E-state index contributed by atoms with van der Waals surface area (Å²) in [5.41, 5.74) is 0. The molecule has 0 aliphatic carbocycles. The molecular weight excluding hydrogens is 445 g/mol. The molecule has 2 aromatic rings. The van der Waals surface area contributed by atoms with Gasteiger partial charge in [-0.3, -0.25) is 4.79 Å². The van der Waals surface area contributed by atoms with Gasteiger partial charge in [0.2, 0.25) is 10.0 Å². The lowest BCUT2D eigenvalue weighted by atomic mass is 10.2. The van der Waals surface area contributed by atoms with Crippen molar-refractivity contribution >= 4 is 27.5 Å². The fraction of sp³-hybridized carbons (Fsp3) is 0.316. The minimum atomic E-state index is -4.38. The molecule has 2 aromatic carbocycles. The minimum Gasteiger partial charge on any atom is -0.481 e. The number of ether oxygens (including phenoxy) is 1. The van der Waals surface area contributed by atoms with Gasteiger partial charge in [-0.05, 0) is 43.3 Å². The third kappa shape index (κ3) is 4.55. The minimum absolute atomic E-state index is 0.0394. The number of hydrogen-bond donors (Lipinski definition) is 0. The van der Waals surface area contributed by atoms with Gasteiger partial charge in [-0.2, -0.15) is 4.31 Å². The maximum atomic E-state index is 13.9. The van der Waals surface area contributed by atoms with E-state index in [9.17, 15) is 26.4 Å². The first-order chi connectivity index (χ1) is 14.1. The molecule has 1 aliphatic heterocycles. The Bertz CT molecular complexity index is 1040. The van der Waals surface area contributed by atoms with Gasteiger partial charge in [-0.15, -0.1) is 0 Å². The summed E-state index contributed by atoms with van der Waals surface area (Å²) in [4.78, 5) is 13.1. The number of halogens is 4. The van der Waals surface area contributed by atoms with Crippen molar-refractivity contribution in [2.45, 2.75) is 17.9 Å². The zero-order valence-corrected chi connectivity index (χ0v) is 17.4. The van der Waals surface area contributed by atoms with E-state index in [0.29, 0.717) is 22.9 Å². The highest BCUT2D eigenvalue weighted by molar-refractivity contribution is 7.89. The van der Waals surface area contributed by atoms with Crippen molar-refractivity contribution in [1.82, 2.24) is 9.21 Å². The van der Waals surface area contributed by atoms with Crippen LogP contribution in [0.1, 0.15) is 6.92 Å². The quantitative estimate of drug-likeness (QED) is 0.641. The van der Waals surface area contributed by atoms with Crippen LogP contribution in [0.5, 0.6) is 5.75 Å². The number of rotatable bonds is 5. The Morgan fingerprint density at radius 3 is 2.20 bits per heavy atom. The molecular formula is C19H18ClF3N2O4S. The molecule has 30 heavy (non-hydrogen) atoms. The molecule has 1 saturated heterocycles. The smallest absolute Gasteiger partial charge is 0.263 e. The van der Waals surface area contributed by atoms with E-state index in [-0.39, 0.29) is 32.1 Å². The predicted octanol–water partition coefficient (Wildman–Crippen LogP) is 3.06. The number of hydrogen-bond acceptors (Lipinski definition) is 4. The number of benzene rings is 2. The molecule has 0 saturated carbocycles. The second kappa shape index (κ2) is 8.83. The van der Waals surface area contributed by atoms with Crippen LogP contribution in [0.4, 0.5) is 13.2 Å². The molecule has 0 radical (unpaired) electrons. The Morgan fingerprint density at radius 1 is 1.00 bits per heavy atom. The van der Waals surface area contributed by atoms with E-state index in [1.54, 1.807) is 31.2 Å². The summed E-state index contributed by atoms with van der Waals surface area (Å²) in [6.07, 6.45) is -0.821. The van der Waals surface area contributed by atoms with E-state index >= 15 is 0 Å². The molecule has 1 heterocycles. The van der Waals surface area contributed by atoms with Crippen molar-refractivity contribution in [3.8, 4) is 5.75 Å². The number of carbonyl (C=O) groups excluding carboxylic acids is 1. The van der Waals surface area contributed by atoms with Crippen LogP contribution in [0.25, 0.3) is 0 Å². The van der Waals surface area contributed by atoms with Crippen LogP contribution in [-0.2, 0) is 14.8 Å². The lowest BCUT2D eigenvalue weighted by Gasteiger charge is -2.35. The average molecular weight is 463 g/mol. The fourth-order valence-corrected chi connectivity index (χ4v) is 4.62. The third-order valence-corrected chi connectivity index (χ3v) is 6.81. The van der Waals surface area contributed by atoms with Crippen LogP contribution >= 0.6 is 11.6 Å². The van der Waals surface area contributed by atoms with E-state index in [2.05, 4.69) is 0 Å². The molecule has 1 fully saturated rings. The van der Waals surface area contributed by atoms with E-state index in [1.807, 2.05) is 0 Å². The molecule has 0 aromatic heterocycles. The molecule has 0 bridgehead atoms. The zero-order chi connectivity index (χ0) is 22.1. The number of sulfonamides is 1. The molecule has 1 unspecified atom stereocenters. The van der Waals surface area contributed by atoms with Crippen LogP contribution in [0.2, 0.25) is 5.02 Å². The number of nitrogens with zero attached hydrogens (tertiary/aromatic N) is 2. The van der Waals surface area contributed by atoms with Crippen LogP contribution in [-0.4, -0.2) is 55.8 Å². The van der Waals surface area contributed by atoms with Gasteiger partial charge >= 0.3 is 0 Å². The molecule has 1 amide bonds. The summed E-state index contributed by atoms with van der Waals surface area (Å²) in [5.74, 6) is -4.98. The summed E-state index contributed by atoms with van der Waals surface area (Å²) < 4.78 is 72.2. The van der Waals surface area contributed by atoms with Crippen LogP contribution in [0.15, 0.2) is 41.3 Å². The standard InChI is InChI=1S/C19H18ClF3N2O4S/c1-12(29-14-4-2-13(20)3-5-14)19(26)24-8-10-25(11-9-24)30(27,28)16-7-6-15(21)17(22)18(16)23/h2-7,12H,8-11H2,1H3. The highest BCUT2D eigenvalue weighted by atomic mass is 35.5. The van der Waals surface area contributed by atoms with E-state index < -0.39 is 38.5 Å². The molecule has 162 valence electrons. The van der Waals surface area contributed by atoms with Crippen molar-refractivity contribution in [2.75, 3.05) is 26.2 Å². The SMILES string of the molecule is CC(Oc1ccc(Cl)cc1)C(=O)N1CCN(S(=O)(=O)c2ccc(F)c(F)c2F)CC1. The van der Waals surface area contributed by atoms with Crippen molar-refractivity contribution < 1.29 is 31.1 Å². The first-order valence-corrected chi connectivity index (χ1v) is 10.8. The van der Waals surface area contributed by atoms with Gasteiger partial charge in [-0.1, -0.05) is 11.6 Å². The monoisotopic (exact) mass is 462 g/mol. The van der Waals surface area contributed by atoms with Crippen molar-refractivity contribution in [3.05, 3.63) is 58.9 Å². The predicted molar refractivity (Wildman–Crippen MR) is 103 cm³/mol. The molecule has 1 aliphatic rings. The van der Waals surface area contributed by atoms with E-state index in [0.717, 1.165) is 4.31 Å². The van der Waals surface area contributed by atoms with Gasteiger partial charge < -0.3 is 9.64 Å². The van der Waals surface area contributed by atoms with Gasteiger partial charge in [0.05, 0.1) is 0 Å². The van der Waals surface area contributed by atoms with Gasteiger partial charge in [0, 0.05) is 31.2 Å². The molecule has 0 spiro atoms. The van der Waals surface area contributed by atoms with E-state index in [1.165, 1.54) is 4.90 Å². The second-order valence-corrected chi connectivity index (χ2v) is 8.96. The third-order valence-electron chi connectivity index (χ3n) is 4.64. The number of piperazine rings is 1. The van der Waals surface area contributed by atoms with Gasteiger partial charge in [0.1, 0.15) is 10.6 Å². The van der Waals surface area contributed by atoms with Crippen LogP contribution < -0.4 is 4.74 Å². The summed E-state index contributed by atoms with van der Waals surface area (Å²) in [6, 6.07) is 7.72. The van der Waals surface area contributed by atoms with Crippen molar-refractivity contribution in [1.29, 1.82) is 0 Å². The Balaban J connectivity index is 1.64. The topological polar surface area (TPSA) is 66.9 Å². The normalized spacial score (nSPS) is 16.4. The fourth-order valence-electron chi connectivity index (χ4n) is 3.02. The van der Waals surface area contributed by atoms with Gasteiger partial charge in [-0.25, -0.2) is 21.6 Å². The summed E-state index contributed by atoms with van der Waals surface area (Å²) in [6.45, 7) is 1.40. The lowest BCUT2D eigenvalue weighted by Crippen LogP contribution is -2.53. The maximum absolute atomic E-state index is 13.9. The highest BCUT2D eigenvalue weighted by Gasteiger charge is 2.34. The second-order valence-electron chi connectivity index (χ2n) is 6.62. The van der Waals surface area contributed by atoms with Crippen LogP contribution in [0.3, 0.4) is 0 Å². The summed E-state index contributed by atoms with van der Waals surface area (Å²) in [5, 5.41) is 0.524. The largest absolute Gasteiger partial charge is 0.481 e. The van der Waals surface area contributed by atoms with Gasteiger partial charge in [0.25, 0.3) is 5.91 Å². The van der Waals surface area contributed by atoms with Crippen molar-refractivity contribution in [3.63, 3.8) is 0 Å². The molecule has 11 heteroatoms. The summed E-state index contributed by atoms with van der Waals surface area (Å²) in [7, 11) is -4.38.